The molecule has 0 heterocycles. The summed E-state index contributed by atoms with van der Waals surface area (Å²) in [6.07, 6.45) is 0.555. The predicted molar refractivity (Wildman–Crippen MR) is 122 cm³/mol. The quantitative estimate of drug-likeness (QED) is 0.554. The number of hydrogen-bond acceptors (Lipinski definition) is 5. The van der Waals surface area contributed by atoms with E-state index in [0.717, 1.165) is 6.07 Å². The molecular formula is C24H23ClF3NO5S. The Morgan fingerprint density at radius 3 is 2.31 bits per heavy atom. The molecule has 2 bridgehead atoms. The van der Waals surface area contributed by atoms with Crippen LogP contribution < -0.4 is 5.32 Å². The minimum absolute atomic E-state index is 0.0172. The summed E-state index contributed by atoms with van der Waals surface area (Å²) in [7, 11) is -4.09. The first-order valence-electron chi connectivity index (χ1n) is 11.0. The van der Waals surface area contributed by atoms with Gasteiger partial charge in [0.05, 0.1) is 15.2 Å². The average molecular weight is 530 g/mol. The number of Topliss-reactive ketones (excluding diaryl/α,β-unsaturated/α-hetero) is 1. The number of halogens is 4. The monoisotopic (exact) mass is 529 g/mol. The van der Waals surface area contributed by atoms with E-state index in [0.29, 0.717) is 18.6 Å². The fourth-order valence-corrected chi connectivity index (χ4v) is 8.40. The molecule has 2 aliphatic carbocycles. The molecule has 4 rings (SSSR count). The maximum absolute atomic E-state index is 13.7. The van der Waals surface area contributed by atoms with Crippen LogP contribution in [0.25, 0.3) is 0 Å². The zero-order chi connectivity index (χ0) is 25.9. The van der Waals surface area contributed by atoms with Gasteiger partial charge in [0.15, 0.2) is 33.1 Å². The van der Waals surface area contributed by atoms with Gasteiger partial charge in [0.2, 0.25) is 0 Å². The van der Waals surface area contributed by atoms with Crippen molar-refractivity contribution in [3.63, 3.8) is 0 Å². The van der Waals surface area contributed by atoms with E-state index >= 15 is 0 Å². The van der Waals surface area contributed by atoms with Gasteiger partial charge in [-0.15, -0.1) is 0 Å². The second-order valence-electron chi connectivity index (χ2n) is 9.50. The van der Waals surface area contributed by atoms with Gasteiger partial charge in [-0.1, -0.05) is 18.5 Å². The first kappa shape index (κ1) is 25.7. The Labute approximate surface area is 205 Å². The molecule has 2 fully saturated rings. The molecule has 0 aromatic heterocycles. The van der Waals surface area contributed by atoms with Crippen molar-refractivity contribution in [2.45, 2.75) is 48.9 Å². The Kier molecular flexibility index (Phi) is 6.53. The summed E-state index contributed by atoms with van der Waals surface area (Å²) >= 11 is 6.23. The Morgan fingerprint density at radius 2 is 1.74 bits per heavy atom. The highest BCUT2D eigenvalue weighted by Gasteiger charge is 2.58. The van der Waals surface area contributed by atoms with Crippen LogP contribution in [0.1, 0.15) is 43.5 Å². The van der Waals surface area contributed by atoms with Gasteiger partial charge in [-0.25, -0.2) is 21.6 Å². The minimum atomic E-state index is -4.09. The summed E-state index contributed by atoms with van der Waals surface area (Å²) in [6.45, 7) is 3.17. The number of aliphatic hydroxyl groups is 1. The van der Waals surface area contributed by atoms with Crippen LogP contribution in [0.4, 0.5) is 18.9 Å². The van der Waals surface area contributed by atoms with Crippen LogP contribution >= 0.6 is 11.6 Å². The van der Waals surface area contributed by atoms with Crippen molar-refractivity contribution in [1.29, 1.82) is 0 Å². The van der Waals surface area contributed by atoms with Gasteiger partial charge in [-0.05, 0) is 62.1 Å². The van der Waals surface area contributed by atoms with Crippen LogP contribution in [0.5, 0.6) is 0 Å². The lowest BCUT2D eigenvalue weighted by molar-refractivity contribution is -0.140. The van der Waals surface area contributed by atoms with Crippen molar-refractivity contribution >= 4 is 38.8 Å². The molecule has 0 aliphatic heterocycles. The standard InChI is InChI=1S/C24H23ClF3NO5S/c1-11-5-14-9-24(32,12(2)30)10-16(11)22(14)35(33,34)20-6-13(3-4-17(20)25)23(31)29-15-7-18(26)21(28)19(27)8-15/h3-4,6-8,11,14,16,22,32H,5,9-10H2,1-2H3,(H,29,31)/t11-,14?,16?,22?,24+/m0/s1. The number of sulfone groups is 1. The lowest BCUT2D eigenvalue weighted by atomic mass is 9.74. The molecule has 2 N–H and O–H groups in total. The fourth-order valence-electron chi connectivity index (χ4n) is 5.49. The van der Waals surface area contributed by atoms with Crippen molar-refractivity contribution in [1.82, 2.24) is 0 Å². The van der Waals surface area contributed by atoms with Crippen molar-refractivity contribution in [2.75, 3.05) is 5.32 Å². The van der Waals surface area contributed by atoms with E-state index in [1.54, 1.807) is 0 Å². The summed E-state index contributed by atoms with van der Waals surface area (Å²) in [5.74, 6) is -6.96. The second-order valence-corrected chi connectivity index (χ2v) is 12.0. The van der Waals surface area contributed by atoms with Gasteiger partial charge >= 0.3 is 0 Å². The molecule has 35 heavy (non-hydrogen) atoms. The van der Waals surface area contributed by atoms with E-state index in [9.17, 15) is 36.3 Å². The molecule has 3 unspecified atom stereocenters. The normalized spacial score (nSPS) is 28.1. The predicted octanol–water partition coefficient (Wildman–Crippen LogP) is 4.54. The zero-order valence-corrected chi connectivity index (χ0v) is 20.4. The van der Waals surface area contributed by atoms with Gasteiger partial charge < -0.3 is 10.4 Å². The molecule has 6 nitrogen and oxygen atoms in total. The molecule has 2 aliphatic rings. The number of rotatable bonds is 5. The third-order valence-corrected chi connectivity index (χ3v) is 10.1. The molecule has 2 aromatic rings. The van der Waals surface area contributed by atoms with Gasteiger partial charge in [0, 0.05) is 23.4 Å². The first-order valence-corrected chi connectivity index (χ1v) is 12.9. The van der Waals surface area contributed by atoms with Gasteiger partial charge in [0.25, 0.3) is 5.91 Å². The fraction of sp³-hybridized carbons (Fsp3) is 0.417. The summed E-state index contributed by atoms with van der Waals surface area (Å²) in [6, 6.07) is 4.76. The molecule has 0 spiro atoms. The zero-order valence-electron chi connectivity index (χ0n) is 18.8. The van der Waals surface area contributed by atoms with Crippen LogP contribution in [0, 0.1) is 35.2 Å². The molecule has 0 saturated heterocycles. The smallest absolute Gasteiger partial charge is 0.255 e. The van der Waals surface area contributed by atoms with Crippen LogP contribution in [-0.2, 0) is 14.6 Å². The van der Waals surface area contributed by atoms with Crippen LogP contribution in [0.3, 0.4) is 0 Å². The highest BCUT2D eigenvalue weighted by molar-refractivity contribution is 7.92. The summed E-state index contributed by atoms with van der Waals surface area (Å²) in [4.78, 5) is 24.4. The Bertz CT molecular complexity index is 1310. The number of anilines is 1. The van der Waals surface area contributed by atoms with Gasteiger partial charge in [-0.2, -0.15) is 0 Å². The third kappa shape index (κ3) is 4.47. The van der Waals surface area contributed by atoms with Crippen LogP contribution in [0.15, 0.2) is 35.2 Å². The molecule has 5 atom stereocenters. The van der Waals surface area contributed by atoms with Gasteiger partial charge in [0.1, 0.15) is 5.60 Å². The number of hydrogen-bond donors (Lipinski definition) is 2. The summed E-state index contributed by atoms with van der Waals surface area (Å²) < 4.78 is 67.6. The van der Waals surface area contributed by atoms with E-state index in [1.807, 2.05) is 6.92 Å². The number of carbonyl (C=O) groups excluding carboxylic acids is 2. The summed E-state index contributed by atoms with van der Waals surface area (Å²) in [5, 5.41) is 12.0. The van der Waals surface area contributed by atoms with Crippen molar-refractivity contribution in [3.05, 3.63) is 58.4 Å². The Balaban J connectivity index is 1.66. The number of fused-ring (bicyclic) bond motifs is 2. The van der Waals surface area contributed by atoms with Crippen molar-refractivity contribution in [3.8, 4) is 0 Å². The van der Waals surface area contributed by atoms with Crippen LogP contribution in [-0.4, -0.2) is 36.1 Å². The molecule has 188 valence electrons. The number of nitrogens with one attached hydrogen (secondary N) is 1. The van der Waals surface area contributed by atoms with E-state index in [4.69, 9.17) is 11.6 Å². The van der Waals surface area contributed by atoms with Gasteiger partial charge in [-0.3, -0.25) is 9.59 Å². The van der Waals surface area contributed by atoms with E-state index in [-0.39, 0.29) is 39.9 Å². The van der Waals surface area contributed by atoms with Crippen LogP contribution in [0.2, 0.25) is 5.02 Å². The minimum Gasteiger partial charge on any atom is -0.382 e. The number of carbonyl (C=O) groups is 2. The first-order chi connectivity index (χ1) is 16.2. The second kappa shape index (κ2) is 8.90. The highest BCUT2D eigenvalue weighted by atomic mass is 35.5. The summed E-state index contributed by atoms with van der Waals surface area (Å²) in [5.41, 5.74) is -2.07. The Hall–Kier alpha value is -2.43. The number of amides is 1. The molecule has 2 aromatic carbocycles. The van der Waals surface area contributed by atoms with E-state index in [2.05, 4.69) is 5.32 Å². The van der Waals surface area contributed by atoms with E-state index < -0.39 is 61.7 Å². The molecule has 0 radical (unpaired) electrons. The molecular weight excluding hydrogens is 507 g/mol. The van der Waals surface area contributed by atoms with E-state index in [1.165, 1.54) is 19.1 Å². The molecule has 1 amide bonds. The maximum Gasteiger partial charge on any atom is 0.255 e. The lowest BCUT2D eigenvalue weighted by Crippen LogP contribution is -2.50. The molecule has 2 saturated carbocycles. The maximum atomic E-state index is 13.7. The number of ketones is 1. The number of benzene rings is 2. The SMILES string of the molecule is CC(=O)[C@@]1(O)CC2C[C@H](C)C(C1)C2S(=O)(=O)c1cc(C(=O)Nc2cc(F)c(F)c(F)c2)ccc1Cl. The van der Waals surface area contributed by atoms with Crippen molar-refractivity contribution in [2.24, 2.45) is 17.8 Å². The largest absolute Gasteiger partial charge is 0.382 e. The Morgan fingerprint density at radius 1 is 1.11 bits per heavy atom. The highest BCUT2D eigenvalue weighted by Crippen LogP contribution is 2.54. The third-order valence-electron chi connectivity index (χ3n) is 7.22. The lowest BCUT2D eigenvalue weighted by Gasteiger charge is -2.40. The average Bonchev–Trinajstić information content (AvgIpc) is 2.99. The molecule has 11 heteroatoms. The topological polar surface area (TPSA) is 101 Å². The van der Waals surface area contributed by atoms with Crippen molar-refractivity contribution < 1.29 is 36.3 Å².